The molecule has 2 rings (SSSR count). The number of aromatic nitrogens is 2. The van der Waals surface area contributed by atoms with Crippen molar-refractivity contribution in [2.45, 2.75) is 37.9 Å². The Bertz CT molecular complexity index is 310. The normalized spacial score (nSPS) is 21.2. The van der Waals surface area contributed by atoms with Crippen LogP contribution in [0.4, 0.5) is 0 Å². The number of nitrogens with zero attached hydrogens (tertiary/aromatic N) is 2. The highest BCUT2D eigenvalue weighted by molar-refractivity contribution is 7.98. The van der Waals surface area contributed by atoms with E-state index in [9.17, 15) is 0 Å². The molecule has 0 spiro atoms. The zero-order valence-corrected chi connectivity index (χ0v) is 10.6. The van der Waals surface area contributed by atoms with Gasteiger partial charge in [0.25, 0.3) is 0 Å². The molecule has 90 valence electrons. The molecule has 1 aromatic heterocycles. The monoisotopic (exact) mass is 241 g/mol. The van der Waals surface area contributed by atoms with Crippen molar-refractivity contribution in [1.82, 2.24) is 15.5 Å². The van der Waals surface area contributed by atoms with Crippen LogP contribution in [0.2, 0.25) is 0 Å². The fraction of sp³-hybridized carbons (Fsp3) is 0.818. The molecule has 1 N–H and O–H groups in total. The third kappa shape index (κ3) is 3.22. The first-order chi connectivity index (χ1) is 7.90. The van der Waals surface area contributed by atoms with Crippen molar-refractivity contribution in [3.05, 3.63) is 11.7 Å². The Morgan fingerprint density at radius 2 is 2.50 bits per heavy atom. The molecule has 5 heteroatoms. The predicted molar refractivity (Wildman–Crippen MR) is 65.6 cm³/mol. The molecule has 0 aliphatic carbocycles. The second-order valence-electron chi connectivity index (χ2n) is 4.14. The lowest BCUT2D eigenvalue weighted by Gasteiger charge is -2.18. The molecule has 4 nitrogen and oxygen atoms in total. The van der Waals surface area contributed by atoms with Gasteiger partial charge in [0, 0.05) is 6.54 Å². The number of hydrogen-bond acceptors (Lipinski definition) is 5. The molecule has 0 amide bonds. The van der Waals surface area contributed by atoms with Gasteiger partial charge in [-0.05, 0) is 31.6 Å². The van der Waals surface area contributed by atoms with Gasteiger partial charge in [0.2, 0.25) is 5.89 Å². The van der Waals surface area contributed by atoms with Gasteiger partial charge >= 0.3 is 0 Å². The minimum Gasteiger partial charge on any atom is -0.339 e. The minimum absolute atomic E-state index is 0.422. The summed E-state index contributed by atoms with van der Waals surface area (Å²) in [6, 6.07) is 0. The van der Waals surface area contributed by atoms with Crippen LogP contribution in [0.25, 0.3) is 0 Å². The highest BCUT2D eigenvalue weighted by Crippen LogP contribution is 2.22. The van der Waals surface area contributed by atoms with Gasteiger partial charge in [-0.25, -0.2) is 0 Å². The van der Waals surface area contributed by atoms with Crippen LogP contribution in [0, 0.1) is 0 Å². The van der Waals surface area contributed by atoms with Crippen LogP contribution in [0.15, 0.2) is 4.52 Å². The average Bonchev–Trinajstić information content (AvgIpc) is 2.79. The predicted octanol–water partition coefficient (Wildman–Crippen LogP) is 2.18. The maximum absolute atomic E-state index is 5.32. The van der Waals surface area contributed by atoms with E-state index in [0.717, 1.165) is 42.7 Å². The molecule has 0 radical (unpaired) electrons. The number of rotatable bonds is 5. The summed E-state index contributed by atoms with van der Waals surface area (Å²) in [5.41, 5.74) is 0. The molecule has 1 unspecified atom stereocenters. The molecule has 16 heavy (non-hydrogen) atoms. The summed E-state index contributed by atoms with van der Waals surface area (Å²) < 4.78 is 5.32. The van der Waals surface area contributed by atoms with Crippen LogP contribution in [0.1, 0.15) is 43.8 Å². The summed E-state index contributed by atoms with van der Waals surface area (Å²) in [6.45, 7) is 4.27. The van der Waals surface area contributed by atoms with Gasteiger partial charge in [-0.3, -0.25) is 0 Å². The molecular formula is C11H19N3OS. The van der Waals surface area contributed by atoms with E-state index in [1.54, 1.807) is 0 Å². The van der Waals surface area contributed by atoms with Crippen LogP contribution < -0.4 is 5.32 Å². The first kappa shape index (κ1) is 11.9. The van der Waals surface area contributed by atoms with E-state index in [1.807, 2.05) is 11.8 Å². The van der Waals surface area contributed by atoms with Crippen LogP contribution in [-0.2, 0) is 5.75 Å². The zero-order valence-electron chi connectivity index (χ0n) is 9.74. The average molecular weight is 241 g/mol. The van der Waals surface area contributed by atoms with E-state index in [1.165, 1.54) is 12.8 Å². The van der Waals surface area contributed by atoms with Crippen LogP contribution in [-0.4, -0.2) is 29.0 Å². The van der Waals surface area contributed by atoms with E-state index < -0.39 is 0 Å². The van der Waals surface area contributed by atoms with Crippen molar-refractivity contribution >= 4 is 11.8 Å². The molecule has 0 bridgehead atoms. The molecule has 1 atom stereocenters. The Labute approximate surface area is 101 Å². The van der Waals surface area contributed by atoms with Gasteiger partial charge in [-0.2, -0.15) is 16.7 Å². The van der Waals surface area contributed by atoms with E-state index in [0.29, 0.717) is 5.92 Å². The summed E-state index contributed by atoms with van der Waals surface area (Å²) in [6.07, 6.45) is 3.56. The number of hydrogen-bond donors (Lipinski definition) is 1. The Morgan fingerprint density at radius 1 is 1.56 bits per heavy atom. The Balaban J connectivity index is 1.85. The summed E-state index contributed by atoms with van der Waals surface area (Å²) in [7, 11) is 0. The molecular weight excluding hydrogens is 222 g/mol. The largest absolute Gasteiger partial charge is 0.339 e. The van der Waals surface area contributed by atoms with Gasteiger partial charge < -0.3 is 9.84 Å². The molecule has 1 aliphatic rings. The van der Waals surface area contributed by atoms with Crippen LogP contribution in [0.5, 0.6) is 0 Å². The van der Waals surface area contributed by atoms with Crippen LogP contribution in [0.3, 0.4) is 0 Å². The number of nitrogens with one attached hydrogen (secondary N) is 1. The molecule has 0 aromatic carbocycles. The highest BCUT2D eigenvalue weighted by atomic mass is 32.2. The number of piperidine rings is 1. The summed E-state index contributed by atoms with van der Waals surface area (Å²) in [5, 5.41) is 7.39. The molecule has 2 heterocycles. The minimum atomic E-state index is 0.422. The molecule has 1 aliphatic heterocycles. The molecule has 1 saturated heterocycles. The second-order valence-corrected chi connectivity index (χ2v) is 5.25. The maximum Gasteiger partial charge on any atom is 0.231 e. The Hall–Kier alpha value is -0.550. The highest BCUT2D eigenvalue weighted by Gasteiger charge is 2.21. The van der Waals surface area contributed by atoms with E-state index in [-0.39, 0.29) is 0 Å². The first-order valence-corrected chi connectivity index (χ1v) is 7.16. The van der Waals surface area contributed by atoms with Crippen molar-refractivity contribution in [2.75, 3.05) is 18.8 Å². The van der Waals surface area contributed by atoms with Gasteiger partial charge in [0.05, 0.1) is 11.7 Å². The standard InChI is InChI=1S/C11H19N3OS/c1-2-6-16-8-10-13-11(15-14-10)9-4-3-5-12-7-9/h9,12H,2-8H2,1H3. The third-order valence-electron chi connectivity index (χ3n) is 2.71. The fourth-order valence-electron chi connectivity index (χ4n) is 1.86. The Morgan fingerprint density at radius 3 is 3.25 bits per heavy atom. The van der Waals surface area contributed by atoms with Crippen molar-refractivity contribution in [1.29, 1.82) is 0 Å². The van der Waals surface area contributed by atoms with Crippen molar-refractivity contribution in [2.24, 2.45) is 0 Å². The zero-order chi connectivity index (χ0) is 11.2. The quantitative estimate of drug-likeness (QED) is 0.801. The van der Waals surface area contributed by atoms with Gasteiger partial charge in [0.1, 0.15) is 0 Å². The fourth-order valence-corrected chi connectivity index (χ4v) is 2.60. The van der Waals surface area contributed by atoms with Crippen molar-refractivity contribution < 1.29 is 4.52 Å². The Kier molecular flexibility index (Phi) is 4.66. The lowest BCUT2D eigenvalue weighted by molar-refractivity contribution is 0.320. The van der Waals surface area contributed by atoms with E-state index in [4.69, 9.17) is 4.52 Å². The summed E-state index contributed by atoms with van der Waals surface area (Å²) >= 11 is 1.87. The van der Waals surface area contributed by atoms with Crippen LogP contribution >= 0.6 is 11.8 Å². The van der Waals surface area contributed by atoms with Gasteiger partial charge in [0.15, 0.2) is 5.82 Å². The molecule has 0 saturated carbocycles. The summed E-state index contributed by atoms with van der Waals surface area (Å²) in [4.78, 5) is 4.47. The lowest BCUT2D eigenvalue weighted by Crippen LogP contribution is -2.28. The number of thioether (sulfide) groups is 1. The van der Waals surface area contributed by atoms with Crippen molar-refractivity contribution in [3.8, 4) is 0 Å². The second kappa shape index (κ2) is 6.25. The SMILES string of the molecule is CCCSCc1noc(C2CCCNC2)n1. The first-order valence-electron chi connectivity index (χ1n) is 6.01. The van der Waals surface area contributed by atoms with Crippen molar-refractivity contribution in [3.63, 3.8) is 0 Å². The van der Waals surface area contributed by atoms with Gasteiger partial charge in [-0.1, -0.05) is 12.1 Å². The third-order valence-corrected chi connectivity index (χ3v) is 3.87. The molecule has 1 aromatic rings. The maximum atomic E-state index is 5.32. The van der Waals surface area contributed by atoms with Gasteiger partial charge in [-0.15, -0.1) is 0 Å². The smallest absolute Gasteiger partial charge is 0.231 e. The van der Waals surface area contributed by atoms with E-state index in [2.05, 4.69) is 22.4 Å². The summed E-state index contributed by atoms with van der Waals surface area (Å²) in [5.74, 6) is 4.12. The van der Waals surface area contributed by atoms with E-state index >= 15 is 0 Å². The topological polar surface area (TPSA) is 51.0 Å². The lowest BCUT2D eigenvalue weighted by atomic mass is 10.00. The molecule has 1 fully saturated rings.